The number of fused-ring (bicyclic) bond motifs is 1. The van der Waals surface area contributed by atoms with Crippen LogP contribution in [0.1, 0.15) is 24.1 Å². The smallest absolute Gasteiger partial charge is 0.262 e. The largest absolute Gasteiger partial charge is 0.376 e. The van der Waals surface area contributed by atoms with E-state index in [-0.39, 0.29) is 11.7 Å². The Morgan fingerprint density at radius 3 is 2.72 bits per heavy atom. The van der Waals surface area contributed by atoms with Crippen LogP contribution in [-0.4, -0.2) is 32.0 Å². The Balaban J connectivity index is 1.49. The molecule has 1 aliphatic heterocycles. The van der Waals surface area contributed by atoms with E-state index >= 15 is 0 Å². The molecule has 0 amide bonds. The molecule has 0 spiro atoms. The normalized spacial score (nSPS) is 16.1. The van der Waals surface area contributed by atoms with E-state index in [0.717, 1.165) is 36.4 Å². The maximum absolute atomic E-state index is 13.3. The average Bonchev–Trinajstić information content (AvgIpc) is 3.43. The van der Waals surface area contributed by atoms with Crippen molar-refractivity contribution in [2.45, 2.75) is 43.3 Å². The van der Waals surface area contributed by atoms with Gasteiger partial charge in [0.2, 0.25) is 0 Å². The Kier molecular flexibility index (Phi) is 6.04. The van der Waals surface area contributed by atoms with E-state index < -0.39 is 0 Å². The molecule has 5 rings (SSSR count). The number of aryl methyl sites for hydroxylation is 1. The molecule has 6 nitrogen and oxygen atoms in total. The van der Waals surface area contributed by atoms with Crippen LogP contribution in [0.5, 0.6) is 0 Å². The standard InChI is InChI=1S/C24H23ClN4O2S/c1-16-20(22(25)29(27-16)17-8-3-2-4-9-17)15-32-24-26-21-12-6-5-11-19(21)23(30)28(24)14-18-10-7-13-31-18/h2-6,8-9,11-12,18H,7,10,13-15H2,1H3. The lowest BCUT2D eigenvalue weighted by Crippen LogP contribution is -2.28. The fourth-order valence-corrected chi connectivity index (χ4v) is 5.50. The molecule has 0 bridgehead atoms. The molecule has 0 N–H and O–H groups in total. The van der Waals surface area contributed by atoms with E-state index in [1.165, 1.54) is 11.8 Å². The number of para-hydroxylation sites is 2. The molecule has 8 heteroatoms. The summed E-state index contributed by atoms with van der Waals surface area (Å²) in [6, 6.07) is 17.3. The lowest BCUT2D eigenvalue weighted by Gasteiger charge is -2.16. The Morgan fingerprint density at radius 2 is 1.94 bits per heavy atom. The minimum absolute atomic E-state index is 0.0311. The first-order valence-corrected chi connectivity index (χ1v) is 12.0. The van der Waals surface area contributed by atoms with Gasteiger partial charge in [-0.05, 0) is 44.0 Å². The Labute approximate surface area is 195 Å². The molecule has 1 saturated heterocycles. The van der Waals surface area contributed by atoms with E-state index in [4.69, 9.17) is 21.3 Å². The van der Waals surface area contributed by atoms with Crippen molar-refractivity contribution in [3.05, 3.63) is 81.4 Å². The van der Waals surface area contributed by atoms with Crippen LogP contribution >= 0.6 is 23.4 Å². The molecule has 0 saturated carbocycles. The van der Waals surface area contributed by atoms with Crippen LogP contribution in [0.2, 0.25) is 5.15 Å². The van der Waals surface area contributed by atoms with Gasteiger partial charge in [0.1, 0.15) is 5.15 Å². The summed E-state index contributed by atoms with van der Waals surface area (Å²) in [6.45, 7) is 3.21. The quantitative estimate of drug-likeness (QED) is 0.295. The van der Waals surface area contributed by atoms with Crippen molar-refractivity contribution in [2.75, 3.05) is 6.61 Å². The molecule has 0 aliphatic carbocycles. The van der Waals surface area contributed by atoms with E-state index in [1.54, 1.807) is 9.25 Å². The summed E-state index contributed by atoms with van der Waals surface area (Å²) in [5.74, 6) is 0.563. The van der Waals surface area contributed by atoms with Crippen LogP contribution in [0.4, 0.5) is 0 Å². The van der Waals surface area contributed by atoms with E-state index in [1.807, 2.05) is 61.5 Å². The molecule has 3 heterocycles. The van der Waals surface area contributed by atoms with Crippen molar-refractivity contribution in [1.82, 2.24) is 19.3 Å². The zero-order valence-corrected chi connectivity index (χ0v) is 19.3. The van der Waals surface area contributed by atoms with Crippen molar-refractivity contribution in [3.63, 3.8) is 0 Å². The van der Waals surface area contributed by atoms with Crippen LogP contribution in [0.15, 0.2) is 64.5 Å². The molecule has 4 aromatic rings. The predicted molar refractivity (Wildman–Crippen MR) is 128 cm³/mol. The van der Waals surface area contributed by atoms with E-state index in [9.17, 15) is 4.79 Å². The van der Waals surface area contributed by atoms with Crippen molar-refractivity contribution < 1.29 is 4.74 Å². The fraction of sp³-hybridized carbons (Fsp3) is 0.292. The Bertz CT molecular complexity index is 1310. The van der Waals surface area contributed by atoms with Gasteiger partial charge in [-0.25, -0.2) is 9.67 Å². The van der Waals surface area contributed by atoms with E-state index in [2.05, 4.69) is 5.10 Å². The minimum atomic E-state index is -0.0311. The molecule has 1 aliphatic rings. The van der Waals surface area contributed by atoms with Gasteiger partial charge in [-0.1, -0.05) is 53.7 Å². The lowest BCUT2D eigenvalue weighted by atomic mass is 10.2. The van der Waals surface area contributed by atoms with Crippen molar-refractivity contribution in [1.29, 1.82) is 0 Å². The zero-order valence-electron chi connectivity index (χ0n) is 17.7. The molecule has 164 valence electrons. The minimum Gasteiger partial charge on any atom is -0.376 e. The van der Waals surface area contributed by atoms with Crippen LogP contribution in [-0.2, 0) is 17.0 Å². The summed E-state index contributed by atoms with van der Waals surface area (Å²) in [5, 5.41) is 6.51. The highest BCUT2D eigenvalue weighted by atomic mass is 35.5. The third-order valence-electron chi connectivity index (χ3n) is 5.70. The van der Waals surface area contributed by atoms with Gasteiger partial charge in [0.25, 0.3) is 5.56 Å². The number of ether oxygens (including phenoxy) is 1. The van der Waals surface area contributed by atoms with Crippen LogP contribution in [0.25, 0.3) is 16.6 Å². The van der Waals surface area contributed by atoms with Crippen molar-refractivity contribution >= 4 is 34.3 Å². The molecule has 32 heavy (non-hydrogen) atoms. The van der Waals surface area contributed by atoms with Crippen molar-refractivity contribution in [2.24, 2.45) is 0 Å². The first-order valence-electron chi connectivity index (χ1n) is 10.6. The lowest BCUT2D eigenvalue weighted by molar-refractivity contribution is 0.0937. The highest BCUT2D eigenvalue weighted by molar-refractivity contribution is 7.98. The summed E-state index contributed by atoms with van der Waals surface area (Å²) in [7, 11) is 0. The highest BCUT2D eigenvalue weighted by Crippen LogP contribution is 2.30. The van der Waals surface area contributed by atoms with Crippen LogP contribution < -0.4 is 5.56 Å². The Morgan fingerprint density at radius 1 is 1.16 bits per heavy atom. The summed E-state index contributed by atoms with van der Waals surface area (Å²) >= 11 is 8.22. The SMILES string of the molecule is Cc1nn(-c2ccccc2)c(Cl)c1CSc1nc2ccccc2c(=O)n1CC1CCCO1. The number of hydrogen-bond acceptors (Lipinski definition) is 5. The summed E-state index contributed by atoms with van der Waals surface area (Å²) in [4.78, 5) is 18.1. The molecule has 2 aromatic carbocycles. The molecule has 1 fully saturated rings. The second-order valence-electron chi connectivity index (χ2n) is 7.85. The fourth-order valence-electron chi connectivity index (χ4n) is 3.98. The number of aromatic nitrogens is 4. The number of rotatable bonds is 6. The van der Waals surface area contributed by atoms with Gasteiger partial charge < -0.3 is 4.74 Å². The number of thioether (sulfide) groups is 1. The third-order valence-corrected chi connectivity index (χ3v) is 7.10. The van der Waals surface area contributed by atoms with Gasteiger partial charge in [-0.2, -0.15) is 5.10 Å². The van der Waals surface area contributed by atoms with E-state index in [0.29, 0.717) is 33.5 Å². The highest BCUT2D eigenvalue weighted by Gasteiger charge is 2.21. The number of halogens is 1. The predicted octanol–water partition coefficient (Wildman–Crippen LogP) is 5.02. The Hall–Kier alpha value is -2.61. The summed E-state index contributed by atoms with van der Waals surface area (Å²) in [6.07, 6.45) is 2.02. The van der Waals surface area contributed by atoms with Crippen molar-refractivity contribution in [3.8, 4) is 5.69 Å². The van der Waals surface area contributed by atoms with Gasteiger partial charge in [-0.3, -0.25) is 9.36 Å². The molecule has 1 atom stereocenters. The van der Waals surface area contributed by atoms with Crippen LogP contribution in [0.3, 0.4) is 0 Å². The molecule has 1 unspecified atom stereocenters. The second kappa shape index (κ2) is 9.10. The average molecular weight is 467 g/mol. The first kappa shape index (κ1) is 21.2. The van der Waals surface area contributed by atoms with Gasteiger partial charge >= 0.3 is 0 Å². The maximum Gasteiger partial charge on any atom is 0.262 e. The first-order chi connectivity index (χ1) is 15.6. The number of benzene rings is 2. The number of nitrogens with zero attached hydrogens (tertiary/aromatic N) is 4. The molecular formula is C24H23ClN4O2S. The van der Waals surface area contributed by atoms with Gasteiger partial charge in [0.15, 0.2) is 5.16 Å². The maximum atomic E-state index is 13.3. The van der Waals surface area contributed by atoms with Gasteiger partial charge in [-0.15, -0.1) is 0 Å². The third kappa shape index (κ3) is 4.08. The summed E-state index contributed by atoms with van der Waals surface area (Å²) in [5.41, 5.74) is 3.38. The summed E-state index contributed by atoms with van der Waals surface area (Å²) < 4.78 is 9.31. The zero-order chi connectivity index (χ0) is 22.1. The monoisotopic (exact) mass is 466 g/mol. The molecule has 2 aromatic heterocycles. The van der Waals surface area contributed by atoms with Crippen LogP contribution in [0, 0.1) is 6.92 Å². The second-order valence-corrected chi connectivity index (χ2v) is 9.15. The van der Waals surface area contributed by atoms with Gasteiger partial charge in [0.05, 0.1) is 34.9 Å². The molecular weight excluding hydrogens is 444 g/mol. The molecule has 0 radical (unpaired) electrons. The topological polar surface area (TPSA) is 61.9 Å². The van der Waals surface area contributed by atoms with Gasteiger partial charge in [0, 0.05) is 17.9 Å². The number of hydrogen-bond donors (Lipinski definition) is 0.